The lowest BCUT2D eigenvalue weighted by Crippen LogP contribution is -2.42. The van der Waals surface area contributed by atoms with Gasteiger partial charge in [0.15, 0.2) is 5.96 Å². The molecule has 0 fully saturated rings. The molecule has 0 bridgehead atoms. The molecule has 3 N–H and O–H groups in total. The molecule has 0 amide bonds. The Kier molecular flexibility index (Phi) is 11.0. The summed E-state index contributed by atoms with van der Waals surface area (Å²) in [7, 11) is -0.0713. The van der Waals surface area contributed by atoms with Crippen molar-refractivity contribution in [3.05, 3.63) is 35.4 Å². The Morgan fingerprint density at radius 2 is 1.72 bits per heavy atom. The lowest BCUT2D eigenvalue weighted by atomic mass is 10.1. The van der Waals surface area contributed by atoms with Crippen molar-refractivity contribution in [2.75, 3.05) is 26.9 Å². The minimum atomic E-state index is -3.24. The van der Waals surface area contributed by atoms with Gasteiger partial charge in [0.05, 0.1) is 5.75 Å². The standard InChI is InChI=1S/C16H28N4O2S2.HI/c1-16(2,23-5)12-20-15(17-3)19-10-13-6-8-14(9-7-13)11-24(21,22)18-4;/h6-9,18H,10-12H2,1-5H3,(H2,17,19,20);1H. The van der Waals surface area contributed by atoms with Gasteiger partial charge in [-0.05, 0) is 38.3 Å². The summed E-state index contributed by atoms with van der Waals surface area (Å²) in [5.41, 5.74) is 1.82. The molecule has 144 valence electrons. The largest absolute Gasteiger partial charge is 0.355 e. The number of hydrogen-bond donors (Lipinski definition) is 3. The number of sulfonamides is 1. The Bertz CT molecular complexity index is 647. The summed E-state index contributed by atoms with van der Waals surface area (Å²) in [5, 5.41) is 6.57. The number of aliphatic imine (C=N–C) groups is 1. The smallest absolute Gasteiger partial charge is 0.215 e. The van der Waals surface area contributed by atoms with Crippen molar-refractivity contribution in [3.8, 4) is 0 Å². The van der Waals surface area contributed by atoms with Crippen LogP contribution in [0.1, 0.15) is 25.0 Å². The van der Waals surface area contributed by atoms with Crippen LogP contribution in [0.25, 0.3) is 0 Å². The summed E-state index contributed by atoms with van der Waals surface area (Å²) < 4.78 is 25.5. The molecule has 0 radical (unpaired) electrons. The Labute approximate surface area is 173 Å². The summed E-state index contributed by atoms with van der Waals surface area (Å²) >= 11 is 1.80. The van der Waals surface area contributed by atoms with Crippen LogP contribution in [0.15, 0.2) is 29.3 Å². The molecule has 0 saturated carbocycles. The van der Waals surface area contributed by atoms with Gasteiger partial charge < -0.3 is 10.6 Å². The highest BCUT2D eigenvalue weighted by atomic mass is 127. The van der Waals surface area contributed by atoms with Crippen LogP contribution < -0.4 is 15.4 Å². The molecule has 0 aliphatic heterocycles. The summed E-state index contributed by atoms with van der Waals surface area (Å²) in [6.07, 6.45) is 2.09. The normalized spacial score (nSPS) is 12.4. The van der Waals surface area contributed by atoms with Gasteiger partial charge in [0.25, 0.3) is 0 Å². The van der Waals surface area contributed by atoms with Crippen LogP contribution in [0, 0.1) is 0 Å². The SMILES string of the molecule is CN=C(NCc1ccc(CS(=O)(=O)NC)cc1)NCC(C)(C)SC.I. The van der Waals surface area contributed by atoms with Crippen molar-refractivity contribution in [1.82, 2.24) is 15.4 Å². The third kappa shape index (κ3) is 9.66. The number of guanidine groups is 1. The highest BCUT2D eigenvalue weighted by molar-refractivity contribution is 14.0. The van der Waals surface area contributed by atoms with Crippen LogP contribution in [0.2, 0.25) is 0 Å². The maximum atomic E-state index is 11.5. The molecule has 0 aliphatic carbocycles. The van der Waals surface area contributed by atoms with Crippen molar-refractivity contribution in [2.45, 2.75) is 30.9 Å². The first-order valence-electron chi connectivity index (χ1n) is 7.70. The molecule has 6 nitrogen and oxygen atoms in total. The molecular weight excluding hydrogens is 471 g/mol. The van der Waals surface area contributed by atoms with Crippen molar-refractivity contribution >= 4 is 51.7 Å². The average molecular weight is 500 g/mol. The van der Waals surface area contributed by atoms with Gasteiger partial charge in [0, 0.05) is 24.9 Å². The van der Waals surface area contributed by atoms with Crippen molar-refractivity contribution in [3.63, 3.8) is 0 Å². The number of nitrogens with one attached hydrogen (secondary N) is 3. The molecule has 1 rings (SSSR count). The molecule has 25 heavy (non-hydrogen) atoms. The quantitative estimate of drug-likeness (QED) is 0.290. The van der Waals surface area contributed by atoms with Crippen LogP contribution in [-0.2, 0) is 22.3 Å². The Morgan fingerprint density at radius 3 is 2.20 bits per heavy atom. The number of nitrogens with zero attached hydrogens (tertiary/aromatic N) is 1. The molecule has 9 heteroatoms. The monoisotopic (exact) mass is 500 g/mol. The molecule has 0 spiro atoms. The van der Waals surface area contributed by atoms with Crippen molar-refractivity contribution in [1.29, 1.82) is 0 Å². The van der Waals surface area contributed by atoms with E-state index in [9.17, 15) is 8.42 Å². The average Bonchev–Trinajstić information content (AvgIpc) is 2.56. The fraction of sp³-hybridized carbons (Fsp3) is 0.562. The van der Waals surface area contributed by atoms with Gasteiger partial charge in [-0.1, -0.05) is 24.3 Å². The second-order valence-electron chi connectivity index (χ2n) is 6.02. The minimum Gasteiger partial charge on any atom is -0.355 e. The number of hydrogen-bond acceptors (Lipinski definition) is 4. The lowest BCUT2D eigenvalue weighted by Gasteiger charge is -2.23. The summed E-state index contributed by atoms with van der Waals surface area (Å²) in [5.74, 6) is 0.739. The van der Waals surface area contributed by atoms with Crippen molar-refractivity contribution in [2.24, 2.45) is 4.99 Å². The third-order valence-electron chi connectivity index (χ3n) is 3.61. The van der Waals surface area contributed by atoms with Gasteiger partial charge in [0.2, 0.25) is 10.0 Å². The van der Waals surface area contributed by atoms with Crippen molar-refractivity contribution < 1.29 is 8.42 Å². The highest BCUT2D eigenvalue weighted by Crippen LogP contribution is 2.19. The van der Waals surface area contributed by atoms with Gasteiger partial charge in [-0.2, -0.15) is 11.8 Å². The van der Waals surface area contributed by atoms with Gasteiger partial charge in [0.1, 0.15) is 0 Å². The molecule has 0 heterocycles. The van der Waals surface area contributed by atoms with Crippen LogP contribution in [0.4, 0.5) is 0 Å². The van der Waals surface area contributed by atoms with E-state index in [1.807, 2.05) is 24.3 Å². The van der Waals surface area contributed by atoms with Crippen LogP contribution in [0.3, 0.4) is 0 Å². The first-order valence-corrected chi connectivity index (χ1v) is 10.6. The van der Waals surface area contributed by atoms with E-state index in [-0.39, 0.29) is 34.5 Å². The van der Waals surface area contributed by atoms with Gasteiger partial charge in [-0.3, -0.25) is 4.99 Å². The second kappa shape index (κ2) is 11.2. The Morgan fingerprint density at radius 1 is 1.16 bits per heavy atom. The highest BCUT2D eigenvalue weighted by Gasteiger charge is 2.16. The Balaban J connectivity index is 0.00000576. The maximum absolute atomic E-state index is 11.5. The lowest BCUT2D eigenvalue weighted by molar-refractivity contribution is 0.587. The van der Waals surface area contributed by atoms with Gasteiger partial charge >= 0.3 is 0 Å². The minimum absolute atomic E-state index is 0. The van der Waals surface area contributed by atoms with E-state index in [1.165, 1.54) is 7.05 Å². The van der Waals surface area contributed by atoms with E-state index in [0.29, 0.717) is 6.54 Å². The molecule has 1 aromatic carbocycles. The molecule has 0 saturated heterocycles. The number of halogens is 1. The molecule has 0 unspecified atom stereocenters. The summed E-state index contributed by atoms with van der Waals surface area (Å²) in [6, 6.07) is 7.51. The maximum Gasteiger partial charge on any atom is 0.215 e. The first kappa shape index (κ1) is 24.5. The van der Waals surface area contributed by atoms with E-state index in [2.05, 4.69) is 40.5 Å². The van der Waals surface area contributed by atoms with E-state index in [0.717, 1.165) is 23.6 Å². The predicted molar refractivity (Wildman–Crippen MR) is 119 cm³/mol. The summed E-state index contributed by atoms with van der Waals surface area (Å²) in [6.45, 7) is 5.79. The van der Waals surface area contributed by atoms with E-state index < -0.39 is 10.0 Å². The van der Waals surface area contributed by atoms with Gasteiger partial charge in [-0.25, -0.2) is 13.1 Å². The molecule has 0 aliphatic rings. The van der Waals surface area contributed by atoms with Crippen LogP contribution in [0.5, 0.6) is 0 Å². The number of benzene rings is 1. The second-order valence-corrected chi connectivity index (χ2v) is 9.46. The molecule has 0 atom stereocenters. The zero-order chi connectivity index (χ0) is 18.2. The fourth-order valence-corrected chi connectivity index (χ4v) is 2.81. The predicted octanol–water partition coefficient (Wildman–Crippen LogP) is 2.16. The van der Waals surface area contributed by atoms with E-state index >= 15 is 0 Å². The molecule has 1 aromatic rings. The number of thioether (sulfide) groups is 1. The van der Waals surface area contributed by atoms with Crippen LogP contribution in [-0.4, -0.2) is 46.0 Å². The molecule has 0 aromatic heterocycles. The topological polar surface area (TPSA) is 82.6 Å². The third-order valence-corrected chi connectivity index (χ3v) is 6.19. The Hall–Kier alpha value is -0.520. The van der Waals surface area contributed by atoms with E-state index in [1.54, 1.807) is 18.8 Å². The fourth-order valence-electron chi connectivity index (χ4n) is 1.82. The first-order chi connectivity index (χ1) is 11.2. The van der Waals surface area contributed by atoms with Gasteiger partial charge in [-0.15, -0.1) is 24.0 Å². The number of rotatable bonds is 8. The zero-order valence-corrected chi connectivity index (χ0v) is 19.4. The van der Waals surface area contributed by atoms with E-state index in [4.69, 9.17) is 0 Å². The zero-order valence-electron chi connectivity index (χ0n) is 15.4. The summed E-state index contributed by atoms with van der Waals surface area (Å²) in [4.78, 5) is 4.22. The molecular formula is C16H29IN4O2S2. The van der Waals surface area contributed by atoms with Crippen LogP contribution >= 0.6 is 35.7 Å².